The third kappa shape index (κ3) is 3.32. The van der Waals surface area contributed by atoms with E-state index in [2.05, 4.69) is 15.8 Å². The van der Waals surface area contributed by atoms with Crippen molar-refractivity contribution in [2.45, 2.75) is 12.8 Å². The number of aromatic amines is 1. The van der Waals surface area contributed by atoms with E-state index in [0.717, 1.165) is 34.3 Å². The molecule has 114 valence electrons. The number of aryl methyl sites for hydroxylation is 2. The van der Waals surface area contributed by atoms with Gasteiger partial charge in [-0.1, -0.05) is 41.9 Å². The van der Waals surface area contributed by atoms with Crippen LogP contribution in [0, 0.1) is 0 Å². The van der Waals surface area contributed by atoms with Crippen LogP contribution >= 0.6 is 11.6 Å². The van der Waals surface area contributed by atoms with Crippen molar-refractivity contribution in [1.29, 1.82) is 0 Å². The molecule has 0 fully saturated rings. The predicted octanol–water partition coefficient (Wildman–Crippen LogP) is 3.81. The molecule has 0 spiro atoms. The molecule has 1 unspecified atom stereocenters. The molecule has 4 nitrogen and oxygen atoms in total. The zero-order valence-corrected chi connectivity index (χ0v) is 13.2. The number of aromatic nitrogens is 1. The highest BCUT2D eigenvalue weighted by Crippen LogP contribution is 2.26. The van der Waals surface area contributed by atoms with Gasteiger partial charge in [-0.2, -0.15) is 0 Å². The molecule has 2 aromatic carbocycles. The van der Waals surface area contributed by atoms with Gasteiger partial charge in [0.15, 0.2) is 0 Å². The first kappa shape index (κ1) is 15.1. The van der Waals surface area contributed by atoms with Crippen molar-refractivity contribution >= 4 is 39.5 Å². The van der Waals surface area contributed by atoms with E-state index in [1.165, 1.54) is 5.56 Å². The van der Waals surface area contributed by atoms with Crippen LogP contribution in [-0.4, -0.2) is 13.7 Å². The minimum absolute atomic E-state index is 0.565. The second-order valence-corrected chi connectivity index (χ2v) is 6.09. The standard InChI is InChI=1S/C16H15ClN2O2S/c17-15-10-18-16-12(2-1-3-14(15)16)7-4-11-5-8-13(9-6-11)19-22(20)21/h1-3,5-6,8-10,18-19H,4,7H2,(H,20,21)/p-1. The fourth-order valence-corrected chi connectivity index (χ4v) is 3.05. The van der Waals surface area contributed by atoms with Gasteiger partial charge < -0.3 is 14.3 Å². The highest BCUT2D eigenvalue weighted by Gasteiger charge is 2.06. The minimum atomic E-state index is -2.29. The summed E-state index contributed by atoms with van der Waals surface area (Å²) in [5, 5.41) is 1.77. The van der Waals surface area contributed by atoms with E-state index >= 15 is 0 Å². The Kier molecular flexibility index (Phi) is 4.47. The van der Waals surface area contributed by atoms with E-state index in [4.69, 9.17) is 11.6 Å². The van der Waals surface area contributed by atoms with E-state index in [1.54, 1.807) is 18.3 Å². The lowest BCUT2D eigenvalue weighted by atomic mass is 10.0. The van der Waals surface area contributed by atoms with Crippen molar-refractivity contribution < 1.29 is 8.76 Å². The molecular formula is C16H14ClN2O2S-. The molecule has 0 bridgehead atoms. The number of rotatable bonds is 5. The van der Waals surface area contributed by atoms with Crippen LogP contribution in [0.3, 0.4) is 0 Å². The average Bonchev–Trinajstić information content (AvgIpc) is 2.88. The highest BCUT2D eigenvalue weighted by molar-refractivity contribution is 7.80. The molecule has 1 atom stereocenters. The maximum absolute atomic E-state index is 10.6. The van der Waals surface area contributed by atoms with E-state index in [1.807, 2.05) is 24.3 Å². The van der Waals surface area contributed by atoms with Gasteiger partial charge >= 0.3 is 0 Å². The monoisotopic (exact) mass is 333 g/mol. The van der Waals surface area contributed by atoms with Crippen molar-refractivity contribution in [3.63, 3.8) is 0 Å². The zero-order chi connectivity index (χ0) is 15.5. The lowest BCUT2D eigenvalue weighted by molar-refractivity contribution is 0.542. The SMILES string of the molecule is O=S([O-])Nc1ccc(CCc2cccc3c(Cl)c[nH]c23)cc1. The van der Waals surface area contributed by atoms with Gasteiger partial charge in [-0.15, -0.1) is 0 Å². The van der Waals surface area contributed by atoms with Crippen LogP contribution in [0.15, 0.2) is 48.7 Å². The van der Waals surface area contributed by atoms with Crippen LogP contribution in [0.4, 0.5) is 5.69 Å². The maximum atomic E-state index is 10.6. The number of hydrogen-bond acceptors (Lipinski definition) is 2. The number of hydrogen-bond donors (Lipinski definition) is 2. The Labute approximate surface area is 135 Å². The van der Waals surface area contributed by atoms with Gasteiger partial charge in [-0.3, -0.25) is 4.21 Å². The van der Waals surface area contributed by atoms with Crippen molar-refractivity contribution in [2.24, 2.45) is 0 Å². The Morgan fingerprint density at radius 3 is 2.64 bits per heavy atom. The molecule has 1 aromatic heterocycles. The van der Waals surface area contributed by atoms with Gasteiger partial charge in [0.1, 0.15) is 0 Å². The van der Waals surface area contributed by atoms with Crippen LogP contribution < -0.4 is 4.72 Å². The number of halogens is 1. The molecule has 0 amide bonds. The number of nitrogens with one attached hydrogen (secondary N) is 2. The van der Waals surface area contributed by atoms with Crippen molar-refractivity contribution in [3.8, 4) is 0 Å². The minimum Gasteiger partial charge on any atom is -0.755 e. The van der Waals surface area contributed by atoms with E-state index in [9.17, 15) is 8.76 Å². The first-order chi connectivity index (χ1) is 10.6. The molecule has 1 heterocycles. The summed E-state index contributed by atoms with van der Waals surface area (Å²) >= 11 is 3.85. The van der Waals surface area contributed by atoms with Gasteiger partial charge in [0.2, 0.25) is 0 Å². The quantitative estimate of drug-likeness (QED) is 0.697. The summed E-state index contributed by atoms with van der Waals surface area (Å²) in [7, 11) is 0. The van der Waals surface area contributed by atoms with Crippen molar-refractivity contribution in [1.82, 2.24) is 4.98 Å². The van der Waals surface area contributed by atoms with E-state index in [-0.39, 0.29) is 0 Å². The van der Waals surface area contributed by atoms with Gasteiger partial charge in [0.25, 0.3) is 0 Å². The predicted molar refractivity (Wildman–Crippen MR) is 89.7 cm³/mol. The normalized spacial score (nSPS) is 12.5. The summed E-state index contributed by atoms with van der Waals surface area (Å²) in [6, 6.07) is 13.5. The summed E-state index contributed by atoms with van der Waals surface area (Å²) in [4.78, 5) is 3.21. The summed E-state index contributed by atoms with van der Waals surface area (Å²) in [6.45, 7) is 0. The summed E-state index contributed by atoms with van der Waals surface area (Å²) < 4.78 is 23.5. The summed E-state index contributed by atoms with van der Waals surface area (Å²) in [5.41, 5.74) is 4.01. The van der Waals surface area contributed by atoms with Crippen LogP contribution in [0.2, 0.25) is 5.02 Å². The third-order valence-electron chi connectivity index (χ3n) is 3.59. The Morgan fingerprint density at radius 1 is 1.14 bits per heavy atom. The van der Waals surface area contributed by atoms with Gasteiger partial charge in [-0.25, -0.2) is 0 Å². The van der Waals surface area contributed by atoms with E-state index < -0.39 is 11.3 Å². The largest absolute Gasteiger partial charge is 0.755 e. The van der Waals surface area contributed by atoms with Crippen LogP contribution in [0.5, 0.6) is 0 Å². The highest BCUT2D eigenvalue weighted by atomic mass is 35.5. The molecule has 0 saturated heterocycles. The Hall–Kier alpha value is -1.82. The third-order valence-corrected chi connectivity index (χ3v) is 4.30. The topological polar surface area (TPSA) is 67.9 Å². The lowest BCUT2D eigenvalue weighted by Gasteiger charge is -2.09. The van der Waals surface area contributed by atoms with Crippen LogP contribution in [-0.2, 0) is 24.1 Å². The number of para-hydroxylation sites is 1. The molecule has 0 radical (unpaired) electrons. The molecule has 3 aromatic rings. The Balaban J connectivity index is 1.72. The number of H-pyrrole nitrogens is 1. The lowest BCUT2D eigenvalue weighted by Crippen LogP contribution is -2.02. The smallest absolute Gasteiger partial charge is 0.0659 e. The summed E-state index contributed by atoms with van der Waals surface area (Å²) in [6.07, 6.45) is 3.56. The molecular weight excluding hydrogens is 320 g/mol. The average molecular weight is 334 g/mol. The Morgan fingerprint density at radius 2 is 1.91 bits per heavy atom. The maximum Gasteiger partial charge on any atom is 0.0659 e. The molecule has 0 aliphatic carbocycles. The fourth-order valence-electron chi connectivity index (χ4n) is 2.51. The zero-order valence-electron chi connectivity index (χ0n) is 11.6. The van der Waals surface area contributed by atoms with Crippen LogP contribution in [0.1, 0.15) is 11.1 Å². The van der Waals surface area contributed by atoms with Crippen LogP contribution in [0.25, 0.3) is 10.9 Å². The van der Waals surface area contributed by atoms with Crippen molar-refractivity contribution in [3.05, 3.63) is 64.8 Å². The first-order valence-corrected chi connectivity index (χ1v) is 8.28. The molecule has 0 aliphatic rings. The molecule has 0 saturated carbocycles. The Bertz CT molecular complexity index is 815. The second-order valence-electron chi connectivity index (χ2n) is 5.01. The number of benzene rings is 2. The van der Waals surface area contributed by atoms with Crippen molar-refractivity contribution in [2.75, 3.05) is 4.72 Å². The van der Waals surface area contributed by atoms with Gasteiger partial charge in [-0.05, 0) is 36.1 Å². The van der Waals surface area contributed by atoms with Gasteiger partial charge in [0, 0.05) is 28.5 Å². The molecule has 2 N–H and O–H groups in total. The first-order valence-electron chi connectivity index (χ1n) is 6.83. The number of anilines is 1. The fraction of sp³-hybridized carbons (Fsp3) is 0.125. The molecule has 22 heavy (non-hydrogen) atoms. The second kappa shape index (κ2) is 6.52. The number of fused-ring (bicyclic) bond motifs is 1. The van der Waals surface area contributed by atoms with Gasteiger partial charge in [0.05, 0.1) is 10.5 Å². The molecule has 6 heteroatoms. The summed E-state index contributed by atoms with van der Waals surface area (Å²) in [5.74, 6) is 0. The van der Waals surface area contributed by atoms with E-state index in [0.29, 0.717) is 5.69 Å². The molecule has 0 aliphatic heterocycles. The molecule has 3 rings (SSSR count).